The number of benzene rings is 1. The van der Waals surface area contributed by atoms with Crippen LogP contribution >= 0.6 is 0 Å². The van der Waals surface area contributed by atoms with E-state index in [1.165, 1.54) is 6.08 Å². The van der Waals surface area contributed by atoms with Crippen LogP contribution in [0.5, 0.6) is 0 Å². The van der Waals surface area contributed by atoms with Crippen molar-refractivity contribution in [2.24, 2.45) is 0 Å². The van der Waals surface area contributed by atoms with Crippen LogP contribution in [-0.2, 0) is 16.0 Å². The monoisotopic (exact) mass is 230 g/mol. The number of ether oxygens (including phenoxy) is 1. The minimum atomic E-state index is -0.394. The molecule has 1 aromatic carbocycles. The molecule has 88 valence electrons. The predicted molar refractivity (Wildman–Crippen MR) is 63.9 cm³/mol. The van der Waals surface area contributed by atoms with Gasteiger partial charge in [-0.1, -0.05) is 18.2 Å². The first-order chi connectivity index (χ1) is 8.13. The van der Waals surface area contributed by atoms with Gasteiger partial charge in [-0.3, -0.25) is 4.79 Å². The van der Waals surface area contributed by atoms with Crippen molar-refractivity contribution in [3.8, 4) is 0 Å². The Kier molecular flexibility index (Phi) is 3.09. The molecule has 0 spiro atoms. The maximum Gasteiger partial charge on any atom is 0.334 e. The van der Waals surface area contributed by atoms with Crippen LogP contribution in [0.25, 0.3) is 0 Å². The van der Waals surface area contributed by atoms with E-state index in [-0.39, 0.29) is 5.78 Å². The van der Waals surface area contributed by atoms with Crippen LogP contribution in [0.4, 0.5) is 0 Å². The third-order valence-electron chi connectivity index (χ3n) is 2.89. The summed E-state index contributed by atoms with van der Waals surface area (Å²) in [4.78, 5) is 23.5. The lowest BCUT2D eigenvalue weighted by Crippen LogP contribution is -2.18. The van der Waals surface area contributed by atoms with Crippen molar-refractivity contribution >= 4 is 11.8 Å². The summed E-state index contributed by atoms with van der Waals surface area (Å²) in [6.45, 7) is 4.02. The zero-order valence-electron chi connectivity index (χ0n) is 9.95. The first-order valence-corrected chi connectivity index (χ1v) is 5.64. The maximum absolute atomic E-state index is 11.9. The van der Waals surface area contributed by atoms with Crippen LogP contribution in [0.3, 0.4) is 0 Å². The predicted octanol–water partition coefficient (Wildman–Crippen LogP) is 2.22. The summed E-state index contributed by atoms with van der Waals surface area (Å²) in [6, 6.07) is 5.60. The van der Waals surface area contributed by atoms with E-state index in [2.05, 4.69) is 0 Å². The molecule has 3 heteroatoms. The van der Waals surface area contributed by atoms with Gasteiger partial charge in [0.15, 0.2) is 5.78 Å². The second-order valence-electron chi connectivity index (χ2n) is 4.03. The van der Waals surface area contributed by atoms with E-state index in [4.69, 9.17) is 4.74 Å². The lowest BCUT2D eigenvalue weighted by molar-refractivity contribution is -0.138. The fraction of sp³-hybridized carbons (Fsp3) is 0.286. The Hall–Kier alpha value is -1.90. The van der Waals surface area contributed by atoms with Crippen LogP contribution in [0.15, 0.2) is 29.8 Å². The Labute approximate surface area is 100 Å². The zero-order valence-corrected chi connectivity index (χ0v) is 9.95. The van der Waals surface area contributed by atoms with Crippen molar-refractivity contribution in [2.45, 2.75) is 20.3 Å². The summed E-state index contributed by atoms with van der Waals surface area (Å²) in [5.74, 6) is -0.507. The van der Waals surface area contributed by atoms with Crippen molar-refractivity contribution in [2.75, 3.05) is 6.61 Å². The molecule has 0 aliphatic heterocycles. The van der Waals surface area contributed by atoms with E-state index in [0.29, 0.717) is 24.2 Å². The molecule has 0 saturated heterocycles. The summed E-state index contributed by atoms with van der Waals surface area (Å²) in [5, 5.41) is 0. The lowest BCUT2D eigenvalue weighted by atomic mass is 9.88. The van der Waals surface area contributed by atoms with Crippen molar-refractivity contribution in [3.63, 3.8) is 0 Å². The van der Waals surface area contributed by atoms with Gasteiger partial charge in [-0.15, -0.1) is 0 Å². The summed E-state index contributed by atoms with van der Waals surface area (Å²) in [7, 11) is 0. The first-order valence-electron chi connectivity index (χ1n) is 5.64. The fourth-order valence-electron chi connectivity index (χ4n) is 2.00. The molecule has 0 bridgehead atoms. The lowest BCUT2D eigenvalue weighted by Gasteiger charge is -2.17. The van der Waals surface area contributed by atoms with Crippen LogP contribution < -0.4 is 0 Å². The topological polar surface area (TPSA) is 43.4 Å². The van der Waals surface area contributed by atoms with Gasteiger partial charge in [0.05, 0.1) is 6.61 Å². The number of carbonyl (C=O) groups excluding carboxylic acids is 2. The Balaban J connectivity index is 2.37. The summed E-state index contributed by atoms with van der Waals surface area (Å²) >= 11 is 0. The van der Waals surface area contributed by atoms with Gasteiger partial charge in [-0.05, 0) is 31.1 Å². The molecule has 0 heterocycles. The Morgan fingerprint density at radius 1 is 1.41 bits per heavy atom. The second-order valence-corrected chi connectivity index (χ2v) is 4.03. The minimum Gasteiger partial charge on any atom is -0.463 e. The molecule has 2 rings (SSSR count). The van der Waals surface area contributed by atoms with E-state index in [1.807, 2.05) is 19.1 Å². The molecule has 0 saturated carbocycles. The Morgan fingerprint density at radius 2 is 2.18 bits per heavy atom. The number of allylic oxidation sites excluding steroid dienone is 1. The van der Waals surface area contributed by atoms with Crippen LogP contribution in [-0.4, -0.2) is 18.4 Å². The molecule has 1 aliphatic carbocycles. The molecule has 3 nitrogen and oxygen atoms in total. The molecular weight excluding hydrogens is 216 g/mol. The third-order valence-corrected chi connectivity index (χ3v) is 2.89. The van der Waals surface area contributed by atoms with E-state index in [9.17, 15) is 9.59 Å². The number of fused-ring (bicyclic) bond motifs is 1. The number of carbonyl (C=O) groups is 2. The number of hydrogen-bond acceptors (Lipinski definition) is 3. The molecular formula is C14H14O3. The quantitative estimate of drug-likeness (QED) is 0.732. The highest BCUT2D eigenvalue weighted by atomic mass is 16.5. The highest BCUT2D eigenvalue weighted by Gasteiger charge is 2.23. The normalized spacial score (nSPS) is 14.0. The number of aryl methyl sites for hydroxylation is 1. The number of hydrogen-bond donors (Lipinski definition) is 0. The molecule has 17 heavy (non-hydrogen) atoms. The van der Waals surface area contributed by atoms with E-state index in [0.717, 1.165) is 11.1 Å². The standard InChI is InChI=1S/C14H14O3/c1-3-17-14(16)10-7-12-9(2)5-4-6-11(12)13(15)8-10/h4-6,8H,3,7H2,1-2H3. The minimum absolute atomic E-state index is 0.113. The maximum atomic E-state index is 11.9. The van der Waals surface area contributed by atoms with E-state index in [1.54, 1.807) is 13.0 Å². The molecule has 1 aromatic rings. The van der Waals surface area contributed by atoms with Gasteiger partial charge in [0, 0.05) is 17.6 Å². The Bertz CT molecular complexity index is 512. The average Bonchev–Trinajstić information content (AvgIpc) is 2.30. The fourth-order valence-corrected chi connectivity index (χ4v) is 2.00. The van der Waals surface area contributed by atoms with Crippen molar-refractivity contribution in [1.29, 1.82) is 0 Å². The average molecular weight is 230 g/mol. The third kappa shape index (κ3) is 2.13. The van der Waals surface area contributed by atoms with Gasteiger partial charge in [0.2, 0.25) is 0 Å². The molecule has 0 radical (unpaired) electrons. The van der Waals surface area contributed by atoms with Gasteiger partial charge in [0.1, 0.15) is 0 Å². The van der Waals surface area contributed by atoms with Crippen LogP contribution in [0.1, 0.15) is 28.4 Å². The molecule has 0 fully saturated rings. The smallest absolute Gasteiger partial charge is 0.334 e. The summed E-state index contributed by atoms with van der Waals surface area (Å²) < 4.78 is 4.93. The molecule has 0 unspecified atom stereocenters. The van der Waals surface area contributed by atoms with Crippen molar-refractivity contribution < 1.29 is 14.3 Å². The zero-order chi connectivity index (χ0) is 12.4. The summed E-state index contributed by atoms with van der Waals surface area (Å²) in [6.07, 6.45) is 1.87. The van der Waals surface area contributed by atoms with Gasteiger partial charge in [0.25, 0.3) is 0 Å². The first kappa shape index (κ1) is 11.6. The highest BCUT2D eigenvalue weighted by molar-refractivity contribution is 6.11. The van der Waals surface area contributed by atoms with E-state index >= 15 is 0 Å². The molecule has 0 atom stereocenters. The van der Waals surface area contributed by atoms with Crippen LogP contribution in [0.2, 0.25) is 0 Å². The molecule has 1 aliphatic rings. The molecule has 0 amide bonds. The molecule has 0 aromatic heterocycles. The SMILES string of the molecule is CCOC(=O)C1=CC(=O)c2cccc(C)c2C1. The van der Waals surface area contributed by atoms with Gasteiger partial charge in [-0.2, -0.15) is 0 Å². The van der Waals surface area contributed by atoms with E-state index < -0.39 is 5.97 Å². The van der Waals surface area contributed by atoms with Gasteiger partial charge in [-0.25, -0.2) is 4.79 Å². The number of esters is 1. The number of rotatable bonds is 2. The summed E-state index contributed by atoms with van der Waals surface area (Å²) in [5.41, 5.74) is 3.10. The number of ketones is 1. The highest BCUT2D eigenvalue weighted by Crippen LogP contribution is 2.24. The molecule has 0 N–H and O–H groups in total. The second kappa shape index (κ2) is 4.53. The van der Waals surface area contributed by atoms with Gasteiger partial charge < -0.3 is 4.74 Å². The Morgan fingerprint density at radius 3 is 2.88 bits per heavy atom. The van der Waals surface area contributed by atoms with Crippen molar-refractivity contribution in [3.05, 3.63) is 46.5 Å². The van der Waals surface area contributed by atoms with Crippen LogP contribution in [0, 0.1) is 6.92 Å². The largest absolute Gasteiger partial charge is 0.463 e. The van der Waals surface area contributed by atoms with Gasteiger partial charge >= 0.3 is 5.97 Å². The van der Waals surface area contributed by atoms with Crippen molar-refractivity contribution in [1.82, 2.24) is 0 Å².